The number of carbonyl (C=O) groups is 2. The first-order valence-electron chi connectivity index (χ1n) is 8.45. The van der Waals surface area contributed by atoms with Gasteiger partial charge in [0.05, 0.1) is 26.3 Å². The number of methoxy groups -OCH3 is 2. The van der Waals surface area contributed by atoms with E-state index >= 15 is 0 Å². The molecule has 0 radical (unpaired) electrons. The van der Waals surface area contributed by atoms with Gasteiger partial charge in [0.15, 0.2) is 11.5 Å². The number of amides is 2. The first-order chi connectivity index (χ1) is 13.6. The lowest BCUT2D eigenvalue weighted by atomic mass is 10.2. The second-order valence-corrected chi connectivity index (χ2v) is 5.54. The van der Waals surface area contributed by atoms with Crippen molar-refractivity contribution in [2.24, 2.45) is 0 Å². The average molecular weight is 383 g/mol. The maximum absolute atomic E-state index is 12.2. The molecular weight excluding hydrogens is 362 g/mol. The molecule has 1 heterocycles. The highest BCUT2D eigenvalue weighted by Gasteiger charge is 2.12. The van der Waals surface area contributed by atoms with Crippen molar-refractivity contribution in [2.75, 3.05) is 39.2 Å². The minimum absolute atomic E-state index is 0.166. The zero-order valence-electron chi connectivity index (χ0n) is 15.6. The minimum atomic E-state index is -0.402. The van der Waals surface area contributed by atoms with Crippen LogP contribution in [-0.4, -0.2) is 50.7 Å². The quantitative estimate of drug-likeness (QED) is 0.550. The van der Waals surface area contributed by atoms with Gasteiger partial charge in [-0.1, -0.05) is 0 Å². The Bertz CT molecular complexity index is 879. The van der Waals surface area contributed by atoms with Crippen molar-refractivity contribution in [1.82, 2.24) is 15.6 Å². The van der Waals surface area contributed by atoms with Crippen molar-refractivity contribution < 1.29 is 19.1 Å². The fourth-order valence-corrected chi connectivity index (χ4v) is 2.32. The molecule has 0 aliphatic rings. The summed E-state index contributed by atoms with van der Waals surface area (Å²) in [6, 6.07) is 10.1. The first kappa shape index (κ1) is 20.5. The molecule has 0 aliphatic carbocycles. The Morgan fingerprint density at radius 3 is 2.61 bits per heavy atom. The van der Waals surface area contributed by atoms with E-state index < -0.39 is 5.91 Å². The van der Waals surface area contributed by atoms with Crippen LogP contribution in [0.1, 0.15) is 15.9 Å². The summed E-state index contributed by atoms with van der Waals surface area (Å²) in [5.41, 5.74) is 0.780. The lowest BCUT2D eigenvalue weighted by molar-refractivity contribution is -0.120. The van der Waals surface area contributed by atoms with Crippen LogP contribution in [0.25, 0.3) is 0 Å². The van der Waals surface area contributed by atoms with Crippen molar-refractivity contribution in [3.8, 4) is 17.6 Å². The highest BCUT2D eigenvalue weighted by atomic mass is 16.5. The zero-order valence-corrected chi connectivity index (χ0v) is 15.6. The molecule has 2 rings (SSSR count). The van der Waals surface area contributed by atoms with E-state index in [2.05, 4.69) is 20.9 Å². The van der Waals surface area contributed by atoms with Gasteiger partial charge < -0.3 is 25.4 Å². The molecule has 9 heteroatoms. The van der Waals surface area contributed by atoms with Crippen molar-refractivity contribution in [2.45, 2.75) is 0 Å². The second-order valence-electron chi connectivity index (χ2n) is 5.54. The third kappa shape index (κ3) is 5.60. The monoisotopic (exact) mass is 383 g/mol. The van der Waals surface area contributed by atoms with Crippen LogP contribution in [0.4, 0.5) is 5.82 Å². The lowest BCUT2D eigenvalue weighted by Gasteiger charge is -2.11. The van der Waals surface area contributed by atoms with E-state index in [1.165, 1.54) is 20.3 Å². The summed E-state index contributed by atoms with van der Waals surface area (Å²) in [6.07, 6.45) is 1.57. The molecule has 28 heavy (non-hydrogen) atoms. The Kier molecular flexibility index (Phi) is 7.60. The van der Waals surface area contributed by atoms with E-state index in [4.69, 9.17) is 14.7 Å². The summed E-state index contributed by atoms with van der Waals surface area (Å²) in [7, 11) is 2.98. The van der Waals surface area contributed by atoms with Gasteiger partial charge in [-0.05, 0) is 30.3 Å². The van der Waals surface area contributed by atoms with Crippen LogP contribution in [-0.2, 0) is 4.79 Å². The number of nitrogens with one attached hydrogen (secondary N) is 3. The summed E-state index contributed by atoms with van der Waals surface area (Å²) in [5.74, 6) is 0.660. The summed E-state index contributed by atoms with van der Waals surface area (Å²) >= 11 is 0. The van der Waals surface area contributed by atoms with Crippen molar-refractivity contribution >= 4 is 17.6 Å². The molecule has 0 fully saturated rings. The van der Waals surface area contributed by atoms with Crippen LogP contribution in [0.5, 0.6) is 11.5 Å². The molecule has 0 aliphatic heterocycles. The predicted octanol–water partition coefficient (Wildman–Crippen LogP) is 0.929. The summed E-state index contributed by atoms with van der Waals surface area (Å²) < 4.78 is 10.3. The number of aromatic nitrogens is 1. The maximum atomic E-state index is 12.2. The first-order valence-corrected chi connectivity index (χ1v) is 8.45. The Labute approximate surface area is 162 Å². The summed E-state index contributed by atoms with van der Waals surface area (Å²) in [5, 5.41) is 17.2. The van der Waals surface area contributed by atoms with Crippen molar-refractivity contribution in [3.05, 3.63) is 47.7 Å². The van der Waals surface area contributed by atoms with Gasteiger partial charge in [-0.3, -0.25) is 9.59 Å². The molecule has 2 aromatic rings. The molecule has 0 spiro atoms. The SMILES string of the molecule is COc1ccc(C(=O)NCC(=O)NCCNc2ncccc2C#N)cc1OC. The van der Waals surface area contributed by atoms with E-state index in [0.29, 0.717) is 41.5 Å². The molecular formula is C19H21N5O4. The molecule has 9 nitrogen and oxygen atoms in total. The molecule has 146 valence electrons. The second kappa shape index (κ2) is 10.4. The van der Waals surface area contributed by atoms with Crippen LogP contribution in [0, 0.1) is 11.3 Å². The molecule has 0 unspecified atom stereocenters. The molecule has 2 amide bonds. The van der Waals surface area contributed by atoms with E-state index in [1.807, 2.05) is 6.07 Å². The lowest BCUT2D eigenvalue weighted by Crippen LogP contribution is -2.38. The number of carbonyl (C=O) groups excluding carboxylic acids is 2. The van der Waals surface area contributed by atoms with E-state index in [9.17, 15) is 9.59 Å². The zero-order chi connectivity index (χ0) is 20.4. The molecule has 0 saturated heterocycles. The van der Waals surface area contributed by atoms with Crippen LogP contribution < -0.4 is 25.4 Å². The van der Waals surface area contributed by atoms with Crippen molar-refractivity contribution in [1.29, 1.82) is 5.26 Å². The number of hydrogen-bond donors (Lipinski definition) is 3. The molecule has 0 atom stereocenters. The van der Waals surface area contributed by atoms with Crippen molar-refractivity contribution in [3.63, 3.8) is 0 Å². The molecule has 1 aromatic carbocycles. The van der Waals surface area contributed by atoms with Gasteiger partial charge >= 0.3 is 0 Å². The molecule has 0 bridgehead atoms. The number of pyridine rings is 1. The number of anilines is 1. The van der Waals surface area contributed by atoms with Gasteiger partial charge in [0.1, 0.15) is 11.9 Å². The van der Waals surface area contributed by atoms with Crippen LogP contribution >= 0.6 is 0 Å². The van der Waals surface area contributed by atoms with E-state index in [0.717, 1.165) is 0 Å². The number of ether oxygens (including phenoxy) is 2. The van der Waals surface area contributed by atoms with Gasteiger partial charge in [-0.15, -0.1) is 0 Å². The maximum Gasteiger partial charge on any atom is 0.251 e. The van der Waals surface area contributed by atoms with Crippen LogP contribution in [0.15, 0.2) is 36.5 Å². The number of nitriles is 1. The smallest absolute Gasteiger partial charge is 0.251 e. The van der Waals surface area contributed by atoms with Crippen LogP contribution in [0.3, 0.4) is 0 Å². The summed E-state index contributed by atoms with van der Waals surface area (Å²) in [6.45, 7) is 0.535. The number of benzene rings is 1. The fraction of sp³-hybridized carbons (Fsp3) is 0.263. The van der Waals surface area contributed by atoms with Gasteiger partial charge in [0.25, 0.3) is 5.91 Å². The Balaban J connectivity index is 1.75. The third-order valence-corrected chi connectivity index (χ3v) is 3.72. The van der Waals surface area contributed by atoms with Gasteiger partial charge in [-0.2, -0.15) is 5.26 Å². The number of hydrogen-bond acceptors (Lipinski definition) is 7. The highest BCUT2D eigenvalue weighted by Crippen LogP contribution is 2.27. The van der Waals surface area contributed by atoms with Gasteiger partial charge in [0, 0.05) is 24.8 Å². The highest BCUT2D eigenvalue weighted by molar-refractivity contribution is 5.97. The molecule has 3 N–H and O–H groups in total. The molecule has 0 saturated carbocycles. The van der Waals surface area contributed by atoms with Gasteiger partial charge in [0.2, 0.25) is 5.91 Å². The van der Waals surface area contributed by atoms with E-state index in [1.54, 1.807) is 30.5 Å². The normalized spacial score (nSPS) is 9.75. The Morgan fingerprint density at radius 1 is 1.11 bits per heavy atom. The fourth-order valence-electron chi connectivity index (χ4n) is 2.32. The van der Waals surface area contributed by atoms with E-state index in [-0.39, 0.29) is 12.5 Å². The Morgan fingerprint density at radius 2 is 1.89 bits per heavy atom. The number of rotatable bonds is 9. The average Bonchev–Trinajstić information content (AvgIpc) is 2.74. The largest absolute Gasteiger partial charge is 0.493 e. The molecule has 1 aromatic heterocycles. The predicted molar refractivity (Wildman–Crippen MR) is 102 cm³/mol. The topological polar surface area (TPSA) is 125 Å². The summed E-state index contributed by atoms with van der Waals surface area (Å²) in [4.78, 5) is 28.1. The standard InChI is InChI=1S/C19H21N5O4/c1-27-15-6-5-13(10-16(15)28-2)19(26)24-12-17(25)21-8-9-23-18-14(11-20)4-3-7-22-18/h3-7,10H,8-9,12H2,1-2H3,(H,21,25)(H,22,23)(H,24,26). The Hall–Kier alpha value is -3.80. The van der Waals surface area contributed by atoms with Gasteiger partial charge in [-0.25, -0.2) is 4.98 Å². The van der Waals surface area contributed by atoms with Crippen LogP contribution in [0.2, 0.25) is 0 Å². The minimum Gasteiger partial charge on any atom is -0.493 e. The number of nitrogens with zero attached hydrogens (tertiary/aromatic N) is 2. The third-order valence-electron chi connectivity index (χ3n) is 3.72.